The van der Waals surface area contributed by atoms with Crippen LogP contribution < -0.4 is 4.74 Å². The Balaban J connectivity index is 1.91. The Labute approximate surface area is 141 Å². The average Bonchev–Trinajstić information content (AvgIpc) is 2.45. The number of benzene rings is 2. The first-order valence-electron chi connectivity index (χ1n) is 6.36. The van der Waals surface area contributed by atoms with E-state index in [1.54, 1.807) is 0 Å². The molecule has 0 spiro atoms. The highest BCUT2D eigenvalue weighted by molar-refractivity contribution is 9.10. The Morgan fingerprint density at radius 3 is 2.60 bits per heavy atom. The van der Waals surface area contributed by atoms with E-state index in [2.05, 4.69) is 75.2 Å². The van der Waals surface area contributed by atoms with Crippen LogP contribution in [0.5, 0.6) is 5.75 Å². The fourth-order valence-electron chi connectivity index (χ4n) is 1.93. The van der Waals surface area contributed by atoms with Gasteiger partial charge in [-0.3, -0.25) is 0 Å². The van der Waals surface area contributed by atoms with Crippen LogP contribution in [0.1, 0.15) is 11.1 Å². The number of aryl methyl sites for hydroxylation is 1. The normalized spacial score (nSPS) is 10.6. The van der Waals surface area contributed by atoms with Crippen LogP contribution in [-0.2, 0) is 5.33 Å². The molecule has 0 fully saturated rings. The van der Waals surface area contributed by atoms with Gasteiger partial charge >= 0.3 is 0 Å². The number of alkyl halides is 1. The zero-order valence-corrected chi connectivity index (χ0v) is 15.2. The van der Waals surface area contributed by atoms with Crippen LogP contribution in [0.25, 0.3) is 0 Å². The summed E-state index contributed by atoms with van der Waals surface area (Å²) in [5.41, 5.74) is 2.35. The molecular weight excluding hydrogens is 400 g/mol. The Morgan fingerprint density at radius 1 is 1.15 bits per heavy atom. The molecule has 0 aliphatic rings. The van der Waals surface area contributed by atoms with Crippen LogP contribution in [0.3, 0.4) is 0 Å². The fraction of sp³-hybridized carbons (Fsp3) is 0.250. The highest BCUT2D eigenvalue weighted by atomic mass is 79.9. The van der Waals surface area contributed by atoms with Crippen molar-refractivity contribution in [2.75, 3.05) is 12.4 Å². The Morgan fingerprint density at radius 2 is 1.90 bits per heavy atom. The highest BCUT2D eigenvalue weighted by Gasteiger charge is 2.08. The van der Waals surface area contributed by atoms with Crippen molar-refractivity contribution in [3.05, 3.63) is 58.1 Å². The summed E-state index contributed by atoms with van der Waals surface area (Å²) in [7, 11) is 0. The molecule has 0 saturated heterocycles. The van der Waals surface area contributed by atoms with Crippen molar-refractivity contribution in [3.63, 3.8) is 0 Å². The number of rotatable bonds is 6. The predicted molar refractivity (Wildman–Crippen MR) is 94.2 cm³/mol. The summed E-state index contributed by atoms with van der Waals surface area (Å²) >= 11 is 8.85. The minimum absolute atomic E-state index is 0.710. The average molecular weight is 416 g/mol. The van der Waals surface area contributed by atoms with Crippen molar-refractivity contribution in [1.82, 2.24) is 0 Å². The SMILES string of the molecule is Cc1cc(Br)cc(CBr)c1OCCSc1ccccc1. The van der Waals surface area contributed by atoms with Crippen LogP contribution in [0.2, 0.25) is 0 Å². The molecule has 0 amide bonds. The summed E-state index contributed by atoms with van der Waals surface area (Å²) in [6, 6.07) is 14.6. The second-order valence-electron chi connectivity index (χ2n) is 4.35. The molecule has 0 atom stereocenters. The summed E-state index contributed by atoms with van der Waals surface area (Å²) in [4.78, 5) is 1.28. The van der Waals surface area contributed by atoms with E-state index in [1.807, 2.05) is 17.8 Å². The lowest BCUT2D eigenvalue weighted by atomic mass is 10.1. The number of hydrogen-bond acceptors (Lipinski definition) is 2. The van der Waals surface area contributed by atoms with Crippen molar-refractivity contribution in [2.45, 2.75) is 17.1 Å². The molecule has 2 rings (SSSR count). The standard InChI is InChI=1S/C16H16Br2OS/c1-12-9-14(18)10-13(11-17)16(12)19-7-8-20-15-5-3-2-4-6-15/h2-6,9-10H,7-8,11H2,1H3. The minimum atomic E-state index is 0.710. The van der Waals surface area contributed by atoms with Crippen LogP contribution in [-0.4, -0.2) is 12.4 Å². The van der Waals surface area contributed by atoms with Crippen LogP contribution in [0.4, 0.5) is 0 Å². The molecule has 0 bridgehead atoms. The largest absolute Gasteiger partial charge is 0.492 e. The quantitative estimate of drug-likeness (QED) is 0.333. The maximum absolute atomic E-state index is 5.96. The summed E-state index contributed by atoms with van der Waals surface area (Å²) in [5, 5.41) is 0.800. The van der Waals surface area contributed by atoms with Gasteiger partial charge in [-0.25, -0.2) is 0 Å². The zero-order chi connectivity index (χ0) is 14.4. The summed E-state index contributed by atoms with van der Waals surface area (Å²) in [5.74, 6) is 1.94. The molecule has 0 unspecified atom stereocenters. The van der Waals surface area contributed by atoms with Crippen molar-refractivity contribution < 1.29 is 4.74 Å². The van der Waals surface area contributed by atoms with Gasteiger partial charge in [-0.15, -0.1) is 11.8 Å². The van der Waals surface area contributed by atoms with Crippen molar-refractivity contribution in [2.24, 2.45) is 0 Å². The van der Waals surface area contributed by atoms with Gasteiger partial charge in [0.05, 0.1) is 6.61 Å². The number of halogens is 2. The molecule has 2 aromatic carbocycles. The van der Waals surface area contributed by atoms with E-state index < -0.39 is 0 Å². The van der Waals surface area contributed by atoms with Gasteiger partial charge in [-0.1, -0.05) is 50.1 Å². The van der Waals surface area contributed by atoms with Gasteiger partial charge in [0.25, 0.3) is 0 Å². The van der Waals surface area contributed by atoms with Gasteiger partial charge in [-0.2, -0.15) is 0 Å². The molecule has 4 heteroatoms. The Kier molecular flexibility index (Phi) is 6.46. The van der Waals surface area contributed by atoms with Crippen molar-refractivity contribution in [1.29, 1.82) is 0 Å². The van der Waals surface area contributed by atoms with Gasteiger partial charge in [0.1, 0.15) is 5.75 Å². The van der Waals surface area contributed by atoms with E-state index in [-0.39, 0.29) is 0 Å². The molecule has 0 N–H and O–H groups in total. The van der Waals surface area contributed by atoms with Gasteiger partial charge in [0.2, 0.25) is 0 Å². The maximum Gasteiger partial charge on any atom is 0.126 e. The minimum Gasteiger partial charge on any atom is -0.492 e. The third kappa shape index (κ3) is 4.54. The van der Waals surface area contributed by atoms with Gasteiger partial charge in [0, 0.05) is 26.0 Å². The van der Waals surface area contributed by atoms with E-state index in [0.717, 1.165) is 21.3 Å². The van der Waals surface area contributed by atoms with E-state index in [0.29, 0.717) is 6.61 Å². The molecule has 2 aromatic rings. The fourth-order valence-corrected chi connectivity index (χ4v) is 3.71. The molecule has 0 aromatic heterocycles. The summed E-state index contributed by atoms with van der Waals surface area (Å²) in [6.45, 7) is 2.79. The molecule has 20 heavy (non-hydrogen) atoms. The van der Waals surface area contributed by atoms with E-state index in [1.165, 1.54) is 16.0 Å². The lowest BCUT2D eigenvalue weighted by molar-refractivity contribution is 0.339. The molecule has 0 heterocycles. The monoisotopic (exact) mass is 414 g/mol. The predicted octanol–water partition coefficient (Wildman–Crippen LogP) is 5.82. The molecule has 0 aliphatic heterocycles. The van der Waals surface area contributed by atoms with Crippen molar-refractivity contribution in [3.8, 4) is 5.75 Å². The van der Waals surface area contributed by atoms with Gasteiger partial charge in [-0.05, 0) is 36.8 Å². The molecule has 1 nitrogen and oxygen atoms in total. The van der Waals surface area contributed by atoms with Crippen LogP contribution >= 0.6 is 43.6 Å². The van der Waals surface area contributed by atoms with Gasteiger partial charge < -0.3 is 4.74 Å². The first kappa shape index (κ1) is 15.9. The Bertz CT molecular complexity index is 558. The smallest absolute Gasteiger partial charge is 0.126 e. The molecule has 0 aliphatic carbocycles. The van der Waals surface area contributed by atoms with E-state index in [9.17, 15) is 0 Å². The zero-order valence-electron chi connectivity index (χ0n) is 11.2. The lowest BCUT2D eigenvalue weighted by Gasteiger charge is -2.13. The summed E-state index contributed by atoms with van der Waals surface area (Å²) < 4.78 is 7.06. The number of thioether (sulfide) groups is 1. The third-order valence-electron chi connectivity index (χ3n) is 2.80. The van der Waals surface area contributed by atoms with Crippen LogP contribution in [0, 0.1) is 6.92 Å². The molecule has 106 valence electrons. The van der Waals surface area contributed by atoms with E-state index in [4.69, 9.17) is 4.74 Å². The van der Waals surface area contributed by atoms with Gasteiger partial charge in [0.15, 0.2) is 0 Å². The third-order valence-corrected chi connectivity index (χ3v) is 4.84. The lowest BCUT2D eigenvalue weighted by Crippen LogP contribution is -2.03. The first-order valence-corrected chi connectivity index (χ1v) is 9.26. The number of hydrogen-bond donors (Lipinski definition) is 0. The maximum atomic E-state index is 5.96. The first-order chi connectivity index (χ1) is 9.70. The highest BCUT2D eigenvalue weighted by Crippen LogP contribution is 2.30. The second-order valence-corrected chi connectivity index (χ2v) is 7.00. The molecule has 0 radical (unpaired) electrons. The van der Waals surface area contributed by atoms with Crippen LogP contribution in [0.15, 0.2) is 51.8 Å². The van der Waals surface area contributed by atoms with Crippen molar-refractivity contribution >= 4 is 43.6 Å². The topological polar surface area (TPSA) is 9.23 Å². The molecular formula is C16H16Br2OS. The number of ether oxygens (including phenoxy) is 1. The second kappa shape index (κ2) is 8.11. The molecule has 0 saturated carbocycles. The van der Waals surface area contributed by atoms with E-state index >= 15 is 0 Å². The summed E-state index contributed by atoms with van der Waals surface area (Å²) in [6.07, 6.45) is 0. The Hall–Kier alpha value is -0.450.